The highest BCUT2D eigenvalue weighted by Gasteiger charge is 2.19. The van der Waals surface area contributed by atoms with Crippen molar-refractivity contribution in [3.8, 4) is 5.88 Å². The Morgan fingerprint density at radius 3 is 2.47 bits per heavy atom. The molecule has 0 aliphatic rings. The molecule has 0 radical (unpaired) electrons. The van der Waals surface area contributed by atoms with E-state index in [-0.39, 0.29) is 5.41 Å². The number of anilines is 1. The summed E-state index contributed by atoms with van der Waals surface area (Å²) in [4.78, 5) is 8.81. The molecular weight excluding hydrogens is 218 g/mol. The van der Waals surface area contributed by atoms with Gasteiger partial charge in [0.25, 0.3) is 0 Å². The molecule has 0 aromatic carbocycles. The van der Waals surface area contributed by atoms with Crippen molar-refractivity contribution < 1.29 is 9.47 Å². The van der Waals surface area contributed by atoms with Gasteiger partial charge in [0.1, 0.15) is 11.6 Å². The quantitative estimate of drug-likeness (QED) is 0.795. The van der Waals surface area contributed by atoms with Gasteiger partial charge in [0.15, 0.2) is 0 Å². The van der Waals surface area contributed by atoms with Crippen molar-refractivity contribution in [1.82, 2.24) is 9.97 Å². The van der Waals surface area contributed by atoms with E-state index >= 15 is 0 Å². The van der Waals surface area contributed by atoms with Crippen molar-refractivity contribution in [2.75, 3.05) is 32.7 Å². The highest BCUT2D eigenvalue weighted by molar-refractivity contribution is 5.39. The molecule has 5 nitrogen and oxygen atoms in total. The molecule has 1 N–H and O–H groups in total. The van der Waals surface area contributed by atoms with Gasteiger partial charge >= 0.3 is 0 Å². The monoisotopic (exact) mass is 239 g/mol. The van der Waals surface area contributed by atoms with Crippen LogP contribution in [0.25, 0.3) is 0 Å². The minimum atomic E-state index is -0.105. The Hall–Kier alpha value is -1.36. The molecule has 0 aliphatic carbocycles. The zero-order valence-corrected chi connectivity index (χ0v) is 11.2. The van der Waals surface area contributed by atoms with Crippen molar-refractivity contribution >= 4 is 5.82 Å². The Balaban J connectivity index is 2.89. The third kappa shape index (κ3) is 4.19. The fraction of sp³-hybridized carbons (Fsp3) is 0.667. The van der Waals surface area contributed by atoms with E-state index in [4.69, 9.17) is 9.47 Å². The van der Waals surface area contributed by atoms with E-state index in [2.05, 4.69) is 36.1 Å². The molecule has 0 aliphatic heterocycles. The summed E-state index contributed by atoms with van der Waals surface area (Å²) >= 11 is 0. The van der Waals surface area contributed by atoms with Crippen LogP contribution < -0.4 is 10.1 Å². The first-order chi connectivity index (χ1) is 7.97. The number of methoxy groups -OCH3 is 2. The number of rotatable bonds is 5. The molecule has 1 aromatic heterocycles. The van der Waals surface area contributed by atoms with E-state index < -0.39 is 0 Å². The van der Waals surface area contributed by atoms with E-state index in [0.29, 0.717) is 19.0 Å². The van der Waals surface area contributed by atoms with Crippen LogP contribution in [0.3, 0.4) is 0 Å². The number of nitrogens with one attached hydrogen (secondary N) is 1. The number of nitrogens with zero attached hydrogens (tertiary/aromatic N) is 2. The number of hydrogen-bond acceptors (Lipinski definition) is 5. The maximum absolute atomic E-state index is 5.17. The average Bonchev–Trinajstić information content (AvgIpc) is 2.28. The van der Waals surface area contributed by atoms with Crippen molar-refractivity contribution in [2.45, 2.75) is 26.2 Å². The van der Waals surface area contributed by atoms with Crippen LogP contribution >= 0.6 is 0 Å². The summed E-state index contributed by atoms with van der Waals surface area (Å²) in [6, 6.07) is 1.78. The molecular formula is C12H21N3O2. The second-order valence-corrected chi connectivity index (χ2v) is 4.79. The third-order valence-corrected chi connectivity index (χ3v) is 2.19. The Kier molecular flexibility index (Phi) is 4.69. The van der Waals surface area contributed by atoms with Crippen LogP contribution in [0, 0.1) is 0 Å². The molecule has 0 spiro atoms. The molecule has 0 bridgehead atoms. The summed E-state index contributed by atoms with van der Waals surface area (Å²) in [5.74, 6) is 2.10. The van der Waals surface area contributed by atoms with Crippen molar-refractivity contribution in [1.29, 1.82) is 0 Å². The maximum atomic E-state index is 5.17. The molecule has 0 saturated heterocycles. The summed E-state index contributed by atoms with van der Waals surface area (Å²) in [5, 5.41) is 3.18. The second-order valence-electron chi connectivity index (χ2n) is 4.79. The predicted molar refractivity (Wildman–Crippen MR) is 67.6 cm³/mol. The zero-order valence-electron chi connectivity index (χ0n) is 11.2. The zero-order chi connectivity index (χ0) is 12.9. The highest BCUT2D eigenvalue weighted by atomic mass is 16.5. The van der Waals surface area contributed by atoms with E-state index in [9.17, 15) is 0 Å². The van der Waals surface area contributed by atoms with Gasteiger partial charge in [0.05, 0.1) is 13.7 Å². The fourth-order valence-electron chi connectivity index (χ4n) is 1.24. The Labute approximate surface area is 103 Å². The average molecular weight is 239 g/mol. The number of ether oxygens (including phenoxy) is 2. The van der Waals surface area contributed by atoms with Crippen molar-refractivity contribution in [3.63, 3.8) is 0 Å². The molecule has 1 heterocycles. The molecule has 1 rings (SSSR count). The van der Waals surface area contributed by atoms with Crippen LogP contribution in [-0.4, -0.2) is 37.3 Å². The van der Waals surface area contributed by atoms with Crippen LogP contribution in [0.1, 0.15) is 26.6 Å². The van der Waals surface area contributed by atoms with Crippen LogP contribution in [0.2, 0.25) is 0 Å². The van der Waals surface area contributed by atoms with Gasteiger partial charge in [-0.3, -0.25) is 0 Å². The van der Waals surface area contributed by atoms with Gasteiger partial charge < -0.3 is 14.8 Å². The summed E-state index contributed by atoms with van der Waals surface area (Å²) in [6.07, 6.45) is 0. The van der Waals surface area contributed by atoms with Gasteiger partial charge in [0, 0.05) is 25.1 Å². The van der Waals surface area contributed by atoms with Crippen LogP contribution in [0.5, 0.6) is 5.88 Å². The van der Waals surface area contributed by atoms with Crippen molar-refractivity contribution in [2.24, 2.45) is 0 Å². The summed E-state index contributed by atoms with van der Waals surface area (Å²) < 4.78 is 10.2. The van der Waals surface area contributed by atoms with E-state index in [1.807, 2.05) is 0 Å². The topological polar surface area (TPSA) is 56.3 Å². The minimum absolute atomic E-state index is 0.105. The SMILES string of the molecule is COCCNc1cc(OC)nc(C(C)(C)C)n1. The molecule has 0 atom stereocenters. The van der Waals surface area contributed by atoms with Gasteiger partial charge in [-0.05, 0) is 0 Å². The number of hydrogen-bond donors (Lipinski definition) is 1. The number of aromatic nitrogens is 2. The lowest BCUT2D eigenvalue weighted by molar-refractivity contribution is 0.210. The molecule has 1 aromatic rings. The lowest BCUT2D eigenvalue weighted by atomic mass is 9.96. The fourth-order valence-corrected chi connectivity index (χ4v) is 1.24. The third-order valence-electron chi connectivity index (χ3n) is 2.19. The van der Waals surface area contributed by atoms with Crippen LogP contribution in [-0.2, 0) is 10.2 Å². The molecule has 0 unspecified atom stereocenters. The Bertz CT molecular complexity index is 361. The lowest BCUT2D eigenvalue weighted by Crippen LogP contribution is -2.18. The molecule has 96 valence electrons. The van der Waals surface area contributed by atoms with E-state index in [1.54, 1.807) is 20.3 Å². The second kappa shape index (κ2) is 5.82. The molecule has 17 heavy (non-hydrogen) atoms. The molecule has 0 fully saturated rings. The van der Waals surface area contributed by atoms with Crippen LogP contribution in [0.4, 0.5) is 5.82 Å². The van der Waals surface area contributed by atoms with E-state index in [0.717, 1.165) is 11.6 Å². The molecule has 0 amide bonds. The van der Waals surface area contributed by atoms with Gasteiger partial charge in [-0.15, -0.1) is 0 Å². The first kappa shape index (κ1) is 13.7. The van der Waals surface area contributed by atoms with Crippen LogP contribution in [0.15, 0.2) is 6.07 Å². The smallest absolute Gasteiger partial charge is 0.218 e. The van der Waals surface area contributed by atoms with Gasteiger partial charge in [0.2, 0.25) is 5.88 Å². The first-order valence-electron chi connectivity index (χ1n) is 5.63. The standard InChI is InChI=1S/C12H21N3O2/c1-12(2,3)11-14-9(13-6-7-16-4)8-10(15-11)17-5/h8H,6-7H2,1-5H3,(H,13,14,15). The first-order valence-corrected chi connectivity index (χ1v) is 5.63. The van der Waals surface area contributed by atoms with Gasteiger partial charge in [-0.1, -0.05) is 20.8 Å². The van der Waals surface area contributed by atoms with Gasteiger partial charge in [-0.2, -0.15) is 4.98 Å². The normalized spacial score (nSPS) is 11.4. The summed E-state index contributed by atoms with van der Waals surface area (Å²) in [6.45, 7) is 7.56. The summed E-state index contributed by atoms with van der Waals surface area (Å²) in [7, 11) is 3.27. The predicted octanol–water partition coefficient (Wildman–Crippen LogP) is 1.84. The Morgan fingerprint density at radius 1 is 1.24 bits per heavy atom. The minimum Gasteiger partial charge on any atom is -0.481 e. The maximum Gasteiger partial charge on any atom is 0.218 e. The highest BCUT2D eigenvalue weighted by Crippen LogP contribution is 2.22. The molecule has 5 heteroatoms. The van der Waals surface area contributed by atoms with E-state index in [1.165, 1.54) is 0 Å². The molecule has 0 saturated carbocycles. The lowest BCUT2D eigenvalue weighted by Gasteiger charge is -2.18. The van der Waals surface area contributed by atoms with Gasteiger partial charge in [-0.25, -0.2) is 4.98 Å². The summed E-state index contributed by atoms with van der Waals surface area (Å²) in [5.41, 5.74) is -0.105. The largest absolute Gasteiger partial charge is 0.481 e. The van der Waals surface area contributed by atoms with Crippen molar-refractivity contribution in [3.05, 3.63) is 11.9 Å². The Morgan fingerprint density at radius 2 is 1.94 bits per heavy atom.